The molecule has 0 spiro atoms. The number of amides is 2. The second kappa shape index (κ2) is 15.3. The molecule has 2 aromatic carbocycles. The molecule has 0 aliphatic carbocycles. The number of hydrogen-bond donors (Lipinski definition) is 2. The lowest BCUT2D eigenvalue weighted by molar-refractivity contribution is 0.0342. The van der Waals surface area contributed by atoms with Crippen molar-refractivity contribution in [1.82, 2.24) is 20.2 Å². The molecule has 0 atom stereocenters. The second-order valence-electron chi connectivity index (χ2n) is 9.49. The van der Waals surface area contributed by atoms with Crippen LogP contribution < -0.4 is 10.6 Å². The Morgan fingerprint density at radius 3 is 2.39 bits per heavy atom. The van der Waals surface area contributed by atoms with Gasteiger partial charge in [0.25, 0.3) is 0 Å². The molecule has 0 radical (unpaired) electrons. The zero-order chi connectivity index (χ0) is 28.9. The van der Waals surface area contributed by atoms with Gasteiger partial charge in [0.2, 0.25) is 5.95 Å². The number of nitrogens with one attached hydrogen (secondary N) is 2. The first kappa shape index (κ1) is 29.5. The van der Waals surface area contributed by atoms with E-state index in [4.69, 9.17) is 9.47 Å². The van der Waals surface area contributed by atoms with Gasteiger partial charge in [0.05, 0.1) is 25.5 Å². The SMILES string of the molecule is C=CCNC(=O)Nc1nc(C(=O)OCCCC)cc(-c2ccc(C#Cc3ccc(CN4CCOCC4)cc3)cc2)n1. The molecule has 212 valence electrons. The Labute approximate surface area is 241 Å². The monoisotopic (exact) mass is 553 g/mol. The molecular formula is C32H35N5O4. The maximum atomic E-state index is 12.6. The largest absolute Gasteiger partial charge is 0.461 e. The summed E-state index contributed by atoms with van der Waals surface area (Å²) in [5, 5.41) is 5.17. The molecule has 2 amide bonds. The Kier molecular flexibility index (Phi) is 11.0. The first-order chi connectivity index (χ1) is 20.0. The van der Waals surface area contributed by atoms with Crippen molar-refractivity contribution in [3.05, 3.63) is 89.6 Å². The highest BCUT2D eigenvalue weighted by Crippen LogP contribution is 2.21. The van der Waals surface area contributed by atoms with Crippen molar-refractivity contribution in [2.45, 2.75) is 26.3 Å². The summed E-state index contributed by atoms with van der Waals surface area (Å²) in [5.74, 6) is 5.83. The van der Waals surface area contributed by atoms with Crippen LogP contribution in [0.5, 0.6) is 0 Å². The van der Waals surface area contributed by atoms with E-state index in [9.17, 15) is 9.59 Å². The number of ether oxygens (including phenoxy) is 2. The van der Waals surface area contributed by atoms with Crippen molar-refractivity contribution in [2.75, 3.05) is 44.8 Å². The van der Waals surface area contributed by atoms with Crippen molar-refractivity contribution in [3.63, 3.8) is 0 Å². The third kappa shape index (κ3) is 9.28. The van der Waals surface area contributed by atoms with Gasteiger partial charge in [-0.25, -0.2) is 19.6 Å². The highest BCUT2D eigenvalue weighted by atomic mass is 16.5. The number of anilines is 1. The molecule has 9 nitrogen and oxygen atoms in total. The zero-order valence-corrected chi connectivity index (χ0v) is 23.3. The lowest BCUT2D eigenvalue weighted by Crippen LogP contribution is -2.35. The Morgan fingerprint density at radius 1 is 1.05 bits per heavy atom. The molecule has 1 aliphatic rings. The molecule has 0 unspecified atom stereocenters. The van der Waals surface area contributed by atoms with Gasteiger partial charge in [-0.05, 0) is 42.3 Å². The second-order valence-corrected chi connectivity index (χ2v) is 9.49. The van der Waals surface area contributed by atoms with Crippen LogP contribution in [0.15, 0.2) is 67.3 Å². The van der Waals surface area contributed by atoms with Crippen LogP contribution in [0.2, 0.25) is 0 Å². The number of rotatable bonds is 10. The van der Waals surface area contributed by atoms with E-state index in [0.717, 1.165) is 62.4 Å². The summed E-state index contributed by atoms with van der Waals surface area (Å²) in [6.45, 7) is 10.6. The Morgan fingerprint density at radius 2 is 1.73 bits per heavy atom. The molecule has 4 rings (SSSR count). The number of unbranched alkanes of at least 4 members (excludes halogenated alkanes) is 1. The van der Waals surface area contributed by atoms with Crippen LogP contribution in [0.25, 0.3) is 11.3 Å². The number of hydrogen-bond acceptors (Lipinski definition) is 7. The van der Waals surface area contributed by atoms with Crippen LogP contribution in [-0.2, 0) is 16.0 Å². The molecule has 0 bridgehead atoms. The third-order valence-corrected chi connectivity index (χ3v) is 6.29. The van der Waals surface area contributed by atoms with Gasteiger partial charge in [-0.1, -0.05) is 55.5 Å². The molecule has 1 aliphatic heterocycles. The van der Waals surface area contributed by atoms with Gasteiger partial charge < -0.3 is 14.8 Å². The van der Waals surface area contributed by atoms with E-state index in [1.807, 2.05) is 43.3 Å². The molecule has 0 saturated carbocycles. The topological polar surface area (TPSA) is 106 Å². The van der Waals surface area contributed by atoms with E-state index in [0.29, 0.717) is 12.3 Å². The van der Waals surface area contributed by atoms with Crippen LogP contribution in [0.4, 0.5) is 10.7 Å². The summed E-state index contributed by atoms with van der Waals surface area (Å²) in [4.78, 5) is 35.8. The summed E-state index contributed by atoms with van der Waals surface area (Å²) in [7, 11) is 0. The average molecular weight is 554 g/mol. The van der Waals surface area contributed by atoms with Gasteiger partial charge in [-0.2, -0.15) is 0 Å². The fourth-order valence-corrected chi connectivity index (χ4v) is 4.03. The zero-order valence-electron chi connectivity index (χ0n) is 23.3. The number of carbonyl (C=O) groups excluding carboxylic acids is 2. The van der Waals surface area contributed by atoms with Gasteiger partial charge in [-0.15, -0.1) is 6.58 Å². The highest BCUT2D eigenvalue weighted by Gasteiger charge is 2.16. The molecule has 3 aromatic rings. The van der Waals surface area contributed by atoms with E-state index in [1.54, 1.807) is 12.1 Å². The molecule has 1 aromatic heterocycles. The van der Waals surface area contributed by atoms with E-state index >= 15 is 0 Å². The van der Waals surface area contributed by atoms with E-state index in [-0.39, 0.29) is 18.2 Å². The average Bonchev–Trinajstić information content (AvgIpc) is 3.00. The minimum absolute atomic E-state index is 0.00700. The number of aromatic nitrogens is 2. The predicted octanol–water partition coefficient (Wildman–Crippen LogP) is 4.64. The lowest BCUT2D eigenvalue weighted by Gasteiger charge is -2.26. The molecular weight excluding hydrogens is 518 g/mol. The van der Waals surface area contributed by atoms with Gasteiger partial charge in [0.15, 0.2) is 5.69 Å². The van der Waals surface area contributed by atoms with Crippen molar-refractivity contribution in [2.24, 2.45) is 0 Å². The van der Waals surface area contributed by atoms with Crippen LogP contribution in [-0.4, -0.2) is 66.3 Å². The third-order valence-electron chi connectivity index (χ3n) is 6.29. The first-order valence-corrected chi connectivity index (χ1v) is 13.8. The quantitative estimate of drug-likeness (QED) is 0.163. The number of carbonyl (C=O) groups is 2. The molecule has 2 N–H and O–H groups in total. The minimum Gasteiger partial charge on any atom is -0.461 e. The fourth-order valence-electron chi connectivity index (χ4n) is 4.03. The smallest absolute Gasteiger partial charge is 0.357 e. The molecule has 1 fully saturated rings. The number of urea groups is 1. The number of nitrogens with zero attached hydrogens (tertiary/aromatic N) is 3. The van der Waals surface area contributed by atoms with Crippen LogP contribution in [0, 0.1) is 11.8 Å². The number of esters is 1. The summed E-state index contributed by atoms with van der Waals surface area (Å²) in [6.07, 6.45) is 3.20. The Hall–Kier alpha value is -4.52. The van der Waals surface area contributed by atoms with Crippen LogP contribution >= 0.6 is 0 Å². The van der Waals surface area contributed by atoms with Gasteiger partial charge in [0, 0.05) is 42.9 Å². The van der Waals surface area contributed by atoms with E-state index in [1.165, 1.54) is 5.56 Å². The molecule has 41 heavy (non-hydrogen) atoms. The normalized spacial score (nSPS) is 13.0. The van der Waals surface area contributed by atoms with Crippen molar-refractivity contribution >= 4 is 17.9 Å². The molecule has 2 heterocycles. The van der Waals surface area contributed by atoms with E-state index < -0.39 is 12.0 Å². The van der Waals surface area contributed by atoms with Crippen molar-refractivity contribution in [3.8, 4) is 23.1 Å². The Bertz CT molecular complexity index is 1390. The first-order valence-electron chi connectivity index (χ1n) is 13.8. The number of morpholine rings is 1. The highest BCUT2D eigenvalue weighted by molar-refractivity contribution is 5.91. The summed E-state index contributed by atoms with van der Waals surface area (Å²) in [5.41, 5.74) is 4.30. The maximum absolute atomic E-state index is 12.6. The standard InChI is InChI=1S/C32H35N5O4/c1-3-5-19-41-30(38)29-22-28(34-31(35-29)36-32(39)33-16-4-2)27-14-12-25(13-15-27)7-6-24-8-10-26(11-9-24)23-37-17-20-40-21-18-37/h4,8-15,22H,2-3,5,16-21,23H2,1H3,(H2,33,34,35,36,39). The van der Waals surface area contributed by atoms with E-state index in [2.05, 4.69) is 56.1 Å². The van der Waals surface area contributed by atoms with Gasteiger partial charge >= 0.3 is 12.0 Å². The molecule has 9 heteroatoms. The minimum atomic E-state index is -0.574. The van der Waals surface area contributed by atoms with Crippen molar-refractivity contribution < 1.29 is 19.1 Å². The summed E-state index contributed by atoms with van der Waals surface area (Å²) in [6, 6.07) is 16.9. The molecule has 1 saturated heterocycles. The lowest BCUT2D eigenvalue weighted by atomic mass is 10.1. The fraction of sp³-hybridized carbons (Fsp3) is 0.312. The van der Waals surface area contributed by atoms with Crippen molar-refractivity contribution in [1.29, 1.82) is 0 Å². The maximum Gasteiger partial charge on any atom is 0.357 e. The number of benzene rings is 2. The van der Waals surface area contributed by atoms with Gasteiger partial charge in [0.1, 0.15) is 0 Å². The summed E-state index contributed by atoms with van der Waals surface area (Å²) >= 11 is 0. The summed E-state index contributed by atoms with van der Waals surface area (Å²) < 4.78 is 10.7. The van der Waals surface area contributed by atoms with Gasteiger partial charge in [-0.3, -0.25) is 10.2 Å². The predicted molar refractivity (Wildman–Crippen MR) is 158 cm³/mol. The van der Waals surface area contributed by atoms with Crippen LogP contribution in [0.3, 0.4) is 0 Å². The van der Waals surface area contributed by atoms with Crippen LogP contribution in [0.1, 0.15) is 46.9 Å². The Balaban J connectivity index is 1.47.